The molecule has 1 saturated heterocycles. The van der Waals surface area contributed by atoms with E-state index in [9.17, 15) is 4.79 Å². The minimum atomic E-state index is -0.170. The first kappa shape index (κ1) is 18.3. The highest BCUT2D eigenvalue weighted by atomic mass is 16.5. The molecule has 0 aliphatic carbocycles. The second-order valence-electron chi connectivity index (χ2n) is 7.02. The molecule has 1 aliphatic heterocycles. The number of benzene rings is 2. The van der Waals surface area contributed by atoms with E-state index in [1.54, 1.807) is 7.11 Å². The third-order valence-electron chi connectivity index (χ3n) is 5.31. The van der Waals surface area contributed by atoms with Crippen LogP contribution in [0.25, 0.3) is 10.9 Å². The first-order valence-corrected chi connectivity index (χ1v) is 9.84. The molecule has 0 spiro atoms. The number of amides is 1. The number of aryl methyl sites for hydroxylation is 1. The Labute approximate surface area is 165 Å². The maximum atomic E-state index is 13.4. The Balaban J connectivity index is 1.85. The number of para-hydroxylation sites is 2. The van der Waals surface area contributed by atoms with E-state index in [1.165, 1.54) is 0 Å². The zero-order valence-corrected chi connectivity index (χ0v) is 16.4. The second-order valence-corrected chi connectivity index (χ2v) is 7.02. The third-order valence-corrected chi connectivity index (χ3v) is 5.31. The summed E-state index contributed by atoms with van der Waals surface area (Å²) in [6, 6.07) is 15.7. The minimum Gasteiger partial charge on any atom is -0.492 e. The fraction of sp³-hybridized carbons (Fsp3) is 0.304. The number of anilines is 2. The molecule has 1 amide bonds. The monoisotopic (exact) mass is 375 g/mol. The number of fused-ring (bicyclic) bond motifs is 1. The van der Waals surface area contributed by atoms with Crippen LogP contribution in [0.3, 0.4) is 0 Å². The highest BCUT2D eigenvalue weighted by Crippen LogP contribution is 2.37. The average molecular weight is 375 g/mol. The first-order valence-electron chi connectivity index (χ1n) is 9.84. The van der Waals surface area contributed by atoms with Gasteiger partial charge in [-0.25, -0.2) is 4.98 Å². The van der Waals surface area contributed by atoms with Crippen molar-refractivity contribution < 1.29 is 9.53 Å². The maximum absolute atomic E-state index is 13.4. The van der Waals surface area contributed by atoms with Crippen molar-refractivity contribution in [3.8, 4) is 5.75 Å². The van der Waals surface area contributed by atoms with Crippen LogP contribution in [-0.2, 0) is 6.42 Å². The lowest BCUT2D eigenvalue weighted by atomic mass is 10.1. The van der Waals surface area contributed by atoms with Gasteiger partial charge in [-0.1, -0.05) is 43.3 Å². The summed E-state index contributed by atoms with van der Waals surface area (Å²) in [5.74, 6) is 1.14. The lowest BCUT2D eigenvalue weighted by Gasteiger charge is -2.22. The Morgan fingerprint density at radius 1 is 1.11 bits per heavy atom. The average Bonchev–Trinajstić information content (AvgIpc) is 3.27. The summed E-state index contributed by atoms with van der Waals surface area (Å²) in [4.78, 5) is 20.4. The summed E-state index contributed by atoms with van der Waals surface area (Å²) in [5, 5.41) is 3.90. The summed E-state index contributed by atoms with van der Waals surface area (Å²) < 4.78 is 5.75. The van der Waals surface area contributed by atoms with E-state index in [4.69, 9.17) is 9.72 Å². The molecule has 2 heterocycles. The first-order chi connectivity index (χ1) is 13.7. The van der Waals surface area contributed by atoms with E-state index >= 15 is 0 Å². The number of nitrogens with one attached hydrogen (secondary N) is 1. The number of hydrogen-bond donors (Lipinski definition) is 1. The topological polar surface area (TPSA) is 54.5 Å². The van der Waals surface area contributed by atoms with Crippen molar-refractivity contribution >= 4 is 28.3 Å². The predicted molar refractivity (Wildman–Crippen MR) is 114 cm³/mol. The van der Waals surface area contributed by atoms with Gasteiger partial charge in [0, 0.05) is 24.2 Å². The van der Waals surface area contributed by atoms with E-state index in [1.807, 2.05) is 48.5 Å². The molecule has 0 radical (unpaired) electrons. The number of methoxy groups -OCH3 is 1. The van der Waals surface area contributed by atoms with E-state index in [0.717, 1.165) is 60.3 Å². The lowest BCUT2D eigenvalue weighted by Crippen LogP contribution is -2.22. The number of nitrogens with zero attached hydrogens (tertiary/aromatic N) is 2. The Hall–Kier alpha value is -3.08. The van der Waals surface area contributed by atoms with Crippen molar-refractivity contribution in [3.63, 3.8) is 0 Å². The van der Waals surface area contributed by atoms with Crippen LogP contribution in [0.15, 0.2) is 48.5 Å². The Kier molecular flexibility index (Phi) is 5.15. The van der Waals surface area contributed by atoms with E-state index in [2.05, 4.69) is 17.1 Å². The fourth-order valence-electron chi connectivity index (χ4n) is 3.88. The van der Waals surface area contributed by atoms with Crippen LogP contribution in [0, 0.1) is 0 Å². The molecule has 144 valence electrons. The van der Waals surface area contributed by atoms with Gasteiger partial charge >= 0.3 is 0 Å². The number of carbonyl (C=O) groups is 1. The van der Waals surface area contributed by atoms with Gasteiger partial charge in [0.05, 0.1) is 18.2 Å². The van der Waals surface area contributed by atoms with Gasteiger partial charge in [0.2, 0.25) is 0 Å². The summed E-state index contributed by atoms with van der Waals surface area (Å²) in [7, 11) is 1.61. The normalized spacial score (nSPS) is 13.7. The van der Waals surface area contributed by atoms with Gasteiger partial charge in [-0.2, -0.15) is 0 Å². The largest absolute Gasteiger partial charge is 0.492 e. The van der Waals surface area contributed by atoms with Crippen LogP contribution in [0.4, 0.5) is 11.5 Å². The second kappa shape index (κ2) is 7.89. The summed E-state index contributed by atoms with van der Waals surface area (Å²) in [6.07, 6.45) is 3.11. The summed E-state index contributed by atoms with van der Waals surface area (Å²) in [5.41, 5.74) is 3.29. The fourth-order valence-corrected chi connectivity index (χ4v) is 3.88. The smallest absolute Gasteiger partial charge is 0.260 e. The van der Waals surface area contributed by atoms with Crippen LogP contribution in [-0.4, -0.2) is 31.1 Å². The number of pyridine rings is 1. The van der Waals surface area contributed by atoms with E-state index < -0.39 is 0 Å². The van der Waals surface area contributed by atoms with E-state index in [0.29, 0.717) is 11.3 Å². The highest BCUT2D eigenvalue weighted by molar-refractivity contribution is 6.15. The molecule has 0 bridgehead atoms. The predicted octanol–water partition coefficient (Wildman–Crippen LogP) is 4.66. The third kappa shape index (κ3) is 3.28. The molecular formula is C23H25N3O2. The molecular weight excluding hydrogens is 350 g/mol. The summed E-state index contributed by atoms with van der Waals surface area (Å²) >= 11 is 0. The van der Waals surface area contributed by atoms with E-state index in [-0.39, 0.29) is 5.91 Å². The molecule has 0 atom stereocenters. The molecule has 5 heteroatoms. The van der Waals surface area contributed by atoms with Gasteiger partial charge in [-0.05, 0) is 37.0 Å². The molecule has 0 saturated carbocycles. The van der Waals surface area contributed by atoms with Crippen molar-refractivity contribution in [3.05, 3.63) is 59.7 Å². The number of ether oxygens (including phenoxy) is 1. The van der Waals surface area contributed by atoms with Crippen molar-refractivity contribution in [2.24, 2.45) is 0 Å². The van der Waals surface area contributed by atoms with Crippen LogP contribution in [0.1, 0.15) is 35.7 Å². The Morgan fingerprint density at radius 2 is 1.82 bits per heavy atom. The van der Waals surface area contributed by atoms with Gasteiger partial charge in [0.15, 0.2) is 11.6 Å². The molecule has 1 aliphatic rings. The van der Waals surface area contributed by atoms with Crippen LogP contribution in [0.2, 0.25) is 0 Å². The number of carbonyl (C=O) groups excluding carboxylic acids is 1. The maximum Gasteiger partial charge on any atom is 0.260 e. The quantitative estimate of drug-likeness (QED) is 0.705. The van der Waals surface area contributed by atoms with Crippen LogP contribution >= 0.6 is 0 Å². The standard InChI is InChI=1S/C23H25N3O2/c1-3-16-10-4-6-12-18(16)25-23(27)20-17-11-5-7-13-19(17)24-22(21(20)28-2)26-14-8-9-15-26/h4-7,10-13H,3,8-9,14-15H2,1-2H3,(H,25,27). The lowest BCUT2D eigenvalue weighted by molar-refractivity contribution is 0.102. The summed E-state index contributed by atoms with van der Waals surface area (Å²) in [6.45, 7) is 3.95. The van der Waals surface area contributed by atoms with Crippen molar-refractivity contribution in [1.82, 2.24) is 4.98 Å². The highest BCUT2D eigenvalue weighted by Gasteiger charge is 2.26. The van der Waals surface area contributed by atoms with Crippen LogP contribution < -0.4 is 15.0 Å². The van der Waals surface area contributed by atoms with Gasteiger partial charge < -0.3 is 15.0 Å². The van der Waals surface area contributed by atoms with Gasteiger partial charge in [-0.3, -0.25) is 4.79 Å². The number of rotatable bonds is 5. The van der Waals surface area contributed by atoms with Crippen molar-refractivity contribution in [2.45, 2.75) is 26.2 Å². The zero-order chi connectivity index (χ0) is 19.5. The van der Waals surface area contributed by atoms with Gasteiger partial charge in [-0.15, -0.1) is 0 Å². The molecule has 0 unspecified atom stereocenters. The molecule has 2 aromatic carbocycles. The van der Waals surface area contributed by atoms with Crippen LogP contribution in [0.5, 0.6) is 5.75 Å². The molecule has 1 fully saturated rings. The molecule has 28 heavy (non-hydrogen) atoms. The zero-order valence-electron chi connectivity index (χ0n) is 16.4. The molecule has 1 aromatic heterocycles. The molecule has 1 N–H and O–H groups in total. The van der Waals surface area contributed by atoms with Gasteiger partial charge in [0.1, 0.15) is 0 Å². The SMILES string of the molecule is CCc1ccccc1NC(=O)c1c(OC)c(N2CCCC2)nc2ccccc12. The van der Waals surface area contributed by atoms with Crippen molar-refractivity contribution in [1.29, 1.82) is 0 Å². The molecule has 3 aromatic rings. The molecule has 5 nitrogen and oxygen atoms in total. The number of aromatic nitrogens is 1. The Bertz CT molecular complexity index is 1010. The van der Waals surface area contributed by atoms with Gasteiger partial charge in [0.25, 0.3) is 5.91 Å². The number of hydrogen-bond acceptors (Lipinski definition) is 4. The Morgan fingerprint density at radius 3 is 2.57 bits per heavy atom. The van der Waals surface area contributed by atoms with Crippen molar-refractivity contribution in [2.75, 3.05) is 30.4 Å². The minimum absolute atomic E-state index is 0.170. The molecule has 4 rings (SSSR count).